The van der Waals surface area contributed by atoms with Gasteiger partial charge in [-0.3, -0.25) is 14.8 Å². The molecule has 0 saturated heterocycles. The van der Waals surface area contributed by atoms with Crippen LogP contribution < -0.4 is 5.32 Å². The molecule has 0 aliphatic rings. The van der Waals surface area contributed by atoms with Crippen LogP contribution >= 0.6 is 0 Å². The third-order valence-corrected chi connectivity index (χ3v) is 4.69. The first-order valence-corrected chi connectivity index (χ1v) is 9.83. The molecule has 34 heavy (non-hydrogen) atoms. The van der Waals surface area contributed by atoms with Gasteiger partial charge >= 0.3 is 12.1 Å². The second-order valence-corrected chi connectivity index (χ2v) is 6.92. The maximum absolute atomic E-state index is 13.9. The van der Waals surface area contributed by atoms with Crippen molar-refractivity contribution in [1.82, 2.24) is 19.7 Å². The minimum atomic E-state index is -4.88. The van der Waals surface area contributed by atoms with E-state index >= 15 is 0 Å². The van der Waals surface area contributed by atoms with Crippen LogP contribution in [0.2, 0.25) is 0 Å². The highest BCUT2D eigenvalue weighted by molar-refractivity contribution is 6.11. The van der Waals surface area contributed by atoms with Gasteiger partial charge in [0.2, 0.25) is 0 Å². The number of anilines is 1. The molecule has 0 fully saturated rings. The fourth-order valence-electron chi connectivity index (χ4n) is 3.27. The van der Waals surface area contributed by atoms with E-state index in [1.54, 1.807) is 0 Å². The summed E-state index contributed by atoms with van der Waals surface area (Å²) in [5.41, 5.74) is -1.46. The number of amides is 1. The van der Waals surface area contributed by atoms with Crippen molar-refractivity contribution in [3.8, 4) is 5.69 Å². The fraction of sp³-hybridized carbons (Fsp3) is 0.136. The molecule has 0 aliphatic carbocycles. The number of nitrogens with one attached hydrogen (secondary N) is 1. The Morgan fingerprint density at radius 3 is 2.44 bits per heavy atom. The van der Waals surface area contributed by atoms with Crippen molar-refractivity contribution in [2.75, 3.05) is 11.9 Å². The number of alkyl halides is 3. The quantitative estimate of drug-likeness (QED) is 0.341. The van der Waals surface area contributed by atoms with Crippen molar-refractivity contribution in [2.24, 2.45) is 0 Å². The lowest BCUT2D eigenvalue weighted by Crippen LogP contribution is -2.18. The molecule has 2 aromatic heterocycles. The lowest BCUT2D eigenvalue weighted by atomic mass is 10.1. The predicted molar refractivity (Wildman–Crippen MR) is 112 cm³/mol. The van der Waals surface area contributed by atoms with Crippen molar-refractivity contribution in [1.29, 1.82) is 0 Å². The van der Waals surface area contributed by atoms with E-state index in [0.29, 0.717) is 4.68 Å². The zero-order chi connectivity index (χ0) is 24.5. The summed E-state index contributed by atoms with van der Waals surface area (Å²) in [5.74, 6) is -2.50. The Morgan fingerprint density at radius 1 is 1.06 bits per heavy atom. The molecule has 0 radical (unpaired) electrons. The third kappa shape index (κ3) is 4.42. The van der Waals surface area contributed by atoms with Gasteiger partial charge < -0.3 is 10.1 Å². The molecule has 8 nitrogen and oxygen atoms in total. The summed E-state index contributed by atoms with van der Waals surface area (Å²) in [5, 5.41) is 6.23. The summed E-state index contributed by atoms with van der Waals surface area (Å²) in [6.07, 6.45) is -1.38. The molecule has 0 atom stereocenters. The summed E-state index contributed by atoms with van der Waals surface area (Å²) < 4.78 is 60.1. The molecule has 0 saturated carbocycles. The van der Waals surface area contributed by atoms with Crippen molar-refractivity contribution in [3.05, 3.63) is 77.6 Å². The largest absolute Gasteiger partial charge is 0.462 e. The number of hydrogen-bond acceptors (Lipinski definition) is 6. The van der Waals surface area contributed by atoms with Crippen molar-refractivity contribution >= 4 is 28.6 Å². The van der Waals surface area contributed by atoms with E-state index in [2.05, 4.69) is 25.1 Å². The lowest BCUT2D eigenvalue weighted by Gasteiger charge is -2.13. The van der Waals surface area contributed by atoms with Crippen LogP contribution in [-0.4, -0.2) is 38.2 Å². The first-order chi connectivity index (χ1) is 16.2. The second kappa shape index (κ2) is 8.89. The van der Waals surface area contributed by atoms with Gasteiger partial charge in [-0.05, 0) is 37.3 Å². The average Bonchev–Trinajstić information content (AvgIpc) is 3.25. The van der Waals surface area contributed by atoms with Gasteiger partial charge in [0.15, 0.2) is 5.69 Å². The van der Waals surface area contributed by atoms with E-state index in [9.17, 15) is 27.2 Å². The van der Waals surface area contributed by atoms with Crippen LogP contribution in [0.15, 0.2) is 55.0 Å². The molecule has 4 aromatic rings. The van der Waals surface area contributed by atoms with Gasteiger partial charge in [-0.1, -0.05) is 0 Å². The molecule has 0 spiro atoms. The van der Waals surface area contributed by atoms with Crippen LogP contribution in [0.5, 0.6) is 0 Å². The fourth-order valence-corrected chi connectivity index (χ4v) is 3.27. The Labute approximate surface area is 189 Å². The van der Waals surface area contributed by atoms with Gasteiger partial charge in [-0.2, -0.15) is 18.3 Å². The van der Waals surface area contributed by atoms with Crippen molar-refractivity contribution < 1.29 is 31.9 Å². The minimum absolute atomic E-state index is 0.0112. The number of benzene rings is 2. The average molecular weight is 473 g/mol. The topological polar surface area (TPSA) is 99.0 Å². The first-order valence-electron chi connectivity index (χ1n) is 9.83. The molecule has 174 valence electrons. The maximum atomic E-state index is 13.9. The summed E-state index contributed by atoms with van der Waals surface area (Å²) in [4.78, 5) is 32.7. The molecule has 0 aliphatic heterocycles. The van der Waals surface area contributed by atoms with Crippen molar-refractivity contribution in [3.63, 3.8) is 0 Å². The zero-order valence-corrected chi connectivity index (χ0v) is 17.4. The summed E-state index contributed by atoms with van der Waals surface area (Å²) >= 11 is 0. The van der Waals surface area contributed by atoms with E-state index in [1.165, 1.54) is 43.6 Å². The molecule has 12 heteroatoms. The second-order valence-electron chi connectivity index (χ2n) is 6.92. The number of hydrogen-bond donors (Lipinski definition) is 1. The van der Waals surface area contributed by atoms with Crippen LogP contribution in [0, 0.1) is 5.82 Å². The highest BCUT2D eigenvalue weighted by Gasteiger charge is 2.41. The normalized spacial score (nSPS) is 11.4. The van der Waals surface area contributed by atoms with Gasteiger partial charge in [0.1, 0.15) is 16.9 Å². The number of halogens is 4. The van der Waals surface area contributed by atoms with E-state index < -0.39 is 35.1 Å². The lowest BCUT2D eigenvalue weighted by molar-refractivity contribution is -0.143. The number of esters is 1. The summed E-state index contributed by atoms with van der Waals surface area (Å²) in [7, 11) is 0. The number of ether oxygens (including phenoxy) is 1. The molecule has 1 N–H and O–H groups in total. The van der Waals surface area contributed by atoms with Gasteiger partial charge in [0.25, 0.3) is 5.91 Å². The molecule has 2 aromatic carbocycles. The monoisotopic (exact) mass is 473 g/mol. The van der Waals surface area contributed by atoms with Gasteiger partial charge in [0.05, 0.1) is 29.6 Å². The number of rotatable bonds is 5. The van der Waals surface area contributed by atoms with Gasteiger partial charge in [-0.15, -0.1) is 0 Å². The minimum Gasteiger partial charge on any atom is -0.462 e. The standard InChI is InChI=1S/C22H15F4N5O3/c1-2-34-21(33)16-11-29-31(19(16)22(24,25)26)14-5-3-13(4-6-14)30-20(32)15-9-12(23)10-17-18(15)28-8-7-27-17/h3-11H,2H2,1H3,(H,30,32). The Kier molecular flexibility index (Phi) is 5.97. The Bertz CT molecular complexity index is 1380. The van der Waals surface area contributed by atoms with Gasteiger partial charge in [-0.25, -0.2) is 13.9 Å². The molecule has 0 bridgehead atoms. The van der Waals surface area contributed by atoms with E-state index in [-0.39, 0.29) is 34.6 Å². The number of carbonyl (C=O) groups is 2. The van der Waals surface area contributed by atoms with Crippen LogP contribution in [0.1, 0.15) is 33.3 Å². The summed E-state index contributed by atoms with van der Waals surface area (Å²) in [6, 6.07) is 7.38. The Hall–Kier alpha value is -4.35. The Balaban J connectivity index is 1.63. The van der Waals surface area contributed by atoms with E-state index in [1.807, 2.05) is 0 Å². The SMILES string of the molecule is CCOC(=O)c1cnn(-c2ccc(NC(=O)c3cc(F)cc4nccnc34)cc2)c1C(F)(F)F. The van der Waals surface area contributed by atoms with E-state index in [0.717, 1.165) is 18.3 Å². The molecular formula is C22H15F4N5O3. The molecular weight excluding hydrogens is 458 g/mol. The van der Waals surface area contributed by atoms with Crippen LogP contribution in [0.4, 0.5) is 23.2 Å². The molecule has 1 amide bonds. The van der Waals surface area contributed by atoms with Crippen LogP contribution in [-0.2, 0) is 10.9 Å². The highest BCUT2D eigenvalue weighted by atomic mass is 19.4. The summed E-state index contributed by atoms with van der Waals surface area (Å²) in [6.45, 7) is 1.38. The number of carbonyl (C=O) groups excluding carboxylic acids is 2. The first kappa shape index (κ1) is 22.8. The number of aromatic nitrogens is 4. The number of fused-ring (bicyclic) bond motifs is 1. The third-order valence-electron chi connectivity index (χ3n) is 4.69. The van der Waals surface area contributed by atoms with Gasteiger partial charge in [0, 0.05) is 24.1 Å². The van der Waals surface area contributed by atoms with E-state index in [4.69, 9.17) is 0 Å². The zero-order valence-electron chi connectivity index (χ0n) is 17.4. The Morgan fingerprint density at radius 2 is 1.76 bits per heavy atom. The molecule has 2 heterocycles. The van der Waals surface area contributed by atoms with Crippen LogP contribution in [0.25, 0.3) is 16.7 Å². The number of nitrogens with zero attached hydrogens (tertiary/aromatic N) is 4. The van der Waals surface area contributed by atoms with Crippen molar-refractivity contribution in [2.45, 2.75) is 13.1 Å². The molecule has 4 rings (SSSR count). The highest BCUT2D eigenvalue weighted by Crippen LogP contribution is 2.34. The predicted octanol–water partition coefficient (Wildman–Crippen LogP) is 4.40. The smallest absolute Gasteiger partial charge is 0.434 e. The van der Waals surface area contributed by atoms with Crippen LogP contribution in [0.3, 0.4) is 0 Å². The maximum Gasteiger partial charge on any atom is 0.434 e. The molecule has 0 unspecified atom stereocenters.